The van der Waals surface area contributed by atoms with Gasteiger partial charge in [-0.1, -0.05) is 0 Å². The second-order valence-electron chi connectivity index (χ2n) is 4.23. The summed E-state index contributed by atoms with van der Waals surface area (Å²) >= 11 is 0. The summed E-state index contributed by atoms with van der Waals surface area (Å²) in [5.41, 5.74) is -1.20. The Hall–Kier alpha value is -0.666. The largest absolute Gasteiger partial charge is 0.471 e. The van der Waals surface area contributed by atoms with Crippen molar-refractivity contribution in [2.45, 2.75) is 26.2 Å². The van der Waals surface area contributed by atoms with E-state index in [-0.39, 0.29) is 0 Å². The van der Waals surface area contributed by atoms with Gasteiger partial charge in [-0.3, -0.25) is 9.59 Å². The van der Waals surface area contributed by atoms with Crippen LogP contribution in [0, 0.1) is 0 Å². The van der Waals surface area contributed by atoms with E-state index < -0.39 is 27.8 Å². The van der Waals surface area contributed by atoms with Crippen LogP contribution in [0.5, 0.6) is 0 Å². The Morgan fingerprint density at radius 3 is 1.40 bits per heavy atom. The fourth-order valence-corrected chi connectivity index (χ4v) is 7.68. The van der Waals surface area contributed by atoms with Crippen molar-refractivity contribution < 1.29 is 23.2 Å². The average Bonchev–Trinajstić information content (AvgIpc) is 2.12. The predicted octanol–water partition coefficient (Wildman–Crippen LogP) is 2.11. The van der Waals surface area contributed by atoms with Crippen molar-refractivity contribution in [3.05, 3.63) is 0 Å². The quantitative estimate of drug-likeness (QED) is 0.715. The van der Waals surface area contributed by atoms with Gasteiger partial charge in [0.15, 0.2) is 8.32 Å². The SMILES string of the molecule is COC(=O)[Si](C)(O[Si](C)(C)C)C(=O)OC. The summed E-state index contributed by atoms with van der Waals surface area (Å²) in [6, 6.07) is 0. The highest BCUT2D eigenvalue weighted by atomic mass is 28.4. The summed E-state index contributed by atoms with van der Waals surface area (Å²) in [6.45, 7) is 7.22. The molecule has 0 aliphatic heterocycles. The summed E-state index contributed by atoms with van der Waals surface area (Å²) in [5, 5.41) is 0. The third-order valence-electron chi connectivity index (χ3n) is 1.66. The van der Waals surface area contributed by atoms with Crippen LogP contribution in [-0.2, 0) is 13.6 Å². The fourth-order valence-electron chi connectivity index (χ4n) is 1.17. The van der Waals surface area contributed by atoms with Crippen molar-refractivity contribution in [2.75, 3.05) is 14.2 Å². The third-order valence-corrected chi connectivity index (χ3v) is 7.71. The number of carbonyl (C=O) groups is 2. The molecule has 15 heavy (non-hydrogen) atoms. The molecule has 0 spiro atoms. The monoisotopic (exact) mass is 250 g/mol. The smallest absolute Gasteiger partial charge is 0.427 e. The summed E-state index contributed by atoms with van der Waals surface area (Å²) in [6.07, 6.45) is 0. The van der Waals surface area contributed by atoms with Crippen LogP contribution < -0.4 is 0 Å². The Labute approximate surface area is 92.0 Å². The van der Waals surface area contributed by atoms with Gasteiger partial charge in [-0.2, -0.15) is 0 Å². The van der Waals surface area contributed by atoms with Crippen LogP contribution in [0.3, 0.4) is 0 Å². The molecule has 0 saturated heterocycles. The van der Waals surface area contributed by atoms with Crippen LogP contribution in [-0.4, -0.2) is 42.0 Å². The van der Waals surface area contributed by atoms with Gasteiger partial charge in [0.1, 0.15) is 0 Å². The van der Waals surface area contributed by atoms with Crippen molar-refractivity contribution in [2.24, 2.45) is 0 Å². The van der Waals surface area contributed by atoms with Gasteiger partial charge in [0.05, 0.1) is 14.2 Å². The standard InChI is InChI=1S/C8H18O5Si2/c1-11-7(9)15(6,8(10)12-2)13-14(3,4)5/h1-6H3. The molecule has 0 fully saturated rings. The van der Waals surface area contributed by atoms with E-state index in [1.54, 1.807) is 0 Å². The van der Waals surface area contributed by atoms with E-state index in [1.807, 2.05) is 19.6 Å². The maximum absolute atomic E-state index is 11.5. The number of hydrogen-bond donors (Lipinski definition) is 0. The Balaban J connectivity index is 5.04. The molecule has 0 aliphatic carbocycles. The minimum Gasteiger partial charge on any atom is -0.471 e. The molecule has 0 radical (unpaired) electrons. The second kappa shape index (κ2) is 4.91. The second-order valence-corrected chi connectivity index (χ2v) is 12.2. The van der Waals surface area contributed by atoms with Crippen LogP contribution in [0.25, 0.3) is 0 Å². The lowest BCUT2D eigenvalue weighted by Crippen LogP contribution is -2.57. The molecule has 0 rings (SSSR count). The van der Waals surface area contributed by atoms with E-state index in [0.717, 1.165) is 0 Å². The average molecular weight is 250 g/mol. The first kappa shape index (κ1) is 14.3. The summed E-state index contributed by atoms with van der Waals surface area (Å²) in [4.78, 5) is 23.1. The van der Waals surface area contributed by atoms with Gasteiger partial charge in [0.2, 0.25) is 0 Å². The van der Waals surface area contributed by atoms with E-state index in [1.165, 1.54) is 20.8 Å². The summed E-state index contributed by atoms with van der Waals surface area (Å²) < 4.78 is 14.9. The first-order chi connectivity index (χ1) is 6.67. The Morgan fingerprint density at radius 1 is 0.867 bits per heavy atom. The zero-order valence-corrected chi connectivity index (χ0v) is 12.0. The molecule has 0 bridgehead atoms. The highest BCUT2D eigenvalue weighted by molar-refractivity contribution is 7.21. The molecule has 88 valence electrons. The molecule has 0 amide bonds. The predicted molar refractivity (Wildman–Crippen MR) is 60.9 cm³/mol. The molecule has 0 aromatic heterocycles. The van der Waals surface area contributed by atoms with E-state index in [4.69, 9.17) is 4.12 Å². The Bertz CT molecular complexity index is 242. The van der Waals surface area contributed by atoms with E-state index >= 15 is 0 Å². The van der Waals surface area contributed by atoms with Gasteiger partial charge in [-0.25, -0.2) is 0 Å². The fraction of sp³-hybridized carbons (Fsp3) is 0.750. The van der Waals surface area contributed by atoms with Gasteiger partial charge in [0.25, 0.3) is 0 Å². The maximum Gasteiger partial charge on any atom is 0.427 e. The van der Waals surface area contributed by atoms with Crippen molar-refractivity contribution in [1.82, 2.24) is 0 Å². The van der Waals surface area contributed by atoms with Crippen LogP contribution in [0.4, 0.5) is 9.59 Å². The van der Waals surface area contributed by atoms with Crippen LogP contribution in [0.15, 0.2) is 0 Å². The molecule has 0 aromatic rings. The number of carbonyl (C=O) groups excluding carboxylic acids is 2. The van der Waals surface area contributed by atoms with Crippen LogP contribution in [0.1, 0.15) is 0 Å². The summed E-state index contributed by atoms with van der Waals surface area (Å²) in [7, 11) is -2.76. The zero-order chi connectivity index (χ0) is 12.3. The molecule has 7 heteroatoms. The number of methoxy groups -OCH3 is 2. The molecule has 0 saturated carbocycles. The van der Waals surface area contributed by atoms with Crippen molar-refractivity contribution in [3.63, 3.8) is 0 Å². The van der Waals surface area contributed by atoms with Crippen LogP contribution in [0.2, 0.25) is 26.2 Å². The van der Waals surface area contributed by atoms with Crippen molar-refractivity contribution in [1.29, 1.82) is 0 Å². The first-order valence-corrected chi connectivity index (χ1v) is 10.4. The normalized spacial score (nSPS) is 12.1. The van der Waals surface area contributed by atoms with Gasteiger partial charge in [0, 0.05) is 0 Å². The van der Waals surface area contributed by atoms with E-state index in [9.17, 15) is 9.59 Å². The number of ether oxygens (including phenoxy) is 2. The molecular weight excluding hydrogens is 232 g/mol. The lowest BCUT2D eigenvalue weighted by atomic mass is 11.4. The highest BCUT2D eigenvalue weighted by Gasteiger charge is 2.52. The lowest BCUT2D eigenvalue weighted by molar-refractivity contribution is 0.179. The third kappa shape index (κ3) is 3.76. The van der Waals surface area contributed by atoms with Gasteiger partial charge in [-0.05, 0) is 26.2 Å². The topological polar surface area (TPSA) is 61.8 Å². The molecule has 0 aromatic carbocycles. The van der Waals surface area contributed by atoms with Gasteiger partial charge >= 0.3 is 19.5 Å². The minimum atomic E-state index is -3.25. The zero-order valence-electron chi connectivity index (χ0n) is 10.0. The van der Waals surface area contributed by atoms with Gasteiger partial charge < -0.3 is 13.6 Å². The minimum absolute atomic E-state index is 0.600. The highest BCUT2D eigenvalue weighted by Crippen LogP contribution is 2.18. The number of hydrogen-bond acceptors (Lipinski definition) is 5. The lowest BCUT2D eigenvalue weighted by Gasteiger charge is -2.29. The van der Waals surface area contributed by atoms with Crippen molar-refractivity contribution >= 4 is 27.8 Å². The van der Waals surface area contributed by atoms with Crippen LogP contribution >= 0.6 is 0 Å². The molecule has 0 unspecified atom stereocenters. The molecule has 5 nitrogen and oxygen atoms in total. The first-order valence-electron chi connectivity index (χ1n) is 4.54. The maximum atomic E-state index is 11.5. The van der Waals surface area contributed by atoms with Gasteiger partial charge in [-0.15, -0.1) is 0 Å². The summed E-state index contributed by atoms with van der Waals surface area (Å²) in [5.74, 6) is 0. The molecule has 0 heterocycles. The van der Waals surface area contributed by atoms with Crippen molar-refractivity contribution in [3.8, 4) is 0 Å². The van der Waals surface area contributed by atoms with E-state index in [2.05, 4.69) is 9.47 Å². The molecular formula is C8H18O5Si2. The molecule has 0 N–H and O–H groups in total. The number of rotatable bonds is 4. The Morgan fingerprint density at radius 2 is 1.20 bits per heavy atom. The molecule has 0 atom stereocenters. The van der Waals surface area contributed by atoms with E-state index in [0.29, 0.717) is 0 Å². The molecule has 0 aliphatic rings. The Kier molecular flexibility index (Phi) is 4.69.